The summed E-state index contributed by atoms with van der Waals surface area (Å²) in [4.78, 5) is 0. The van der Waals surface area contributed by atoms with E-state index in [0.29, 0.717) is 0 Å². The molecule has 12 rings (SSSR count). The van der Waals surface area contributed by atoms with Crippen LogP contribution in [0.3, 0.4) is 0 Å². The van der Waals surface area contributed by atoms with Crippen molar-refractivity contribution in [3.8, 4) is 55.6 Å². The van der Waals surface area contributed by atoms with Crippen molar-refractivity contribution in [1.29, 1.82) is 0 Å². The summed E-state index contributed by atoms with van der Waals surface area (Å²) in [6.45, 7) is 4.14. The summed E-state index contributed by atoms with van der Waals surface area (Å²) in [5.74, 6) is 0. The minimum atomic E-state index is 1.17. The fraction of sp³-hybridized carbons (Fsp3) is 0.0294. The highest BCUT2D eigenvalue weighted by Crippen LogP contribution is 2.48. The first-order valence-electron chi connectivity index (χ1n) is 23.7. The Morgan fingerprint density at radius 2 is 0.676 bits per heavy atom. The molecule has 12 aromatic rings. The van der Waals surface area contributed by atoms with E-state index in [1.807, 2.05) is 0 Å². The normalized spacial score (nSPS) is 12.2. The van der Waals surface area contributed by atoms with Crippen molar-refractivity contribution < 1.29 is 0 Å². The Kier molecular flexibility index (Phi) is 10.4. The molecule has 0 aliphatic rings. The third-order valence-electron chi connectivity index (χ3n) is 13.9. The molecular formula is C68H48. The molecule has 0 radical (unpaired) electrons. The summed E-state index contributed by atoms with van der Waals surface area (Å²) in [6.07, 6.45) is 10.8. The van der Waals surface area contributed by atoms with Crippen molar-refractivity contribution in [2.45, 2.75) is 13.8 Å². The van der Waals surface area contributed by atoms with E-state index in [1.54, 1.807) is 0 Å². The van der Waals surface area contributed by atoms with Crippen LogP contribution in [0.25, 0.3) is 126 Å². The van der Waals surface area contributed by atoms with Crippen LogP contribution < -0.4 is 0 Å². The van der Waals surface area contributed by atoms with E-state index in [4.69, 9.17) is 0 Å². The molecule has 0 heterocycles. The highest BCUT2D eigenvalue weighted by Gasteiger charge is 2.20. The van der Waals surface area contributed by atoms with E-state index in [1.165, 1.54) is 131 Å². The first-order chi connectivity index (χ1) is 33.6. The fourth-order valence-electron chi connectivity index (χ4n) is 10.7. The lowest BCUT2D eigenvalue weighted by atomic mass is 9.83. The molecule has 0 aliphatic heterocycles. The fourth-order valence-corrected chi connectivity index (χ4v) is 10.7. The Morgan fingerprint density at radius 3 is 1.19 bits per heavy atom. The van der Waals surface area contributed by atoms with Gasteiger partial charge in [-0.1, -0.05) is 225 Å². The summed E-state index contributed by atoms with van der Waals surface area (Å²) >= 11 is 0. The molecule has 0 heteroatoms. The second kappa shape index (κ2) is 17.3. The summed E-state index contributed by atoms with van der Waals surface area (Å²) in [5, 5.41) is 14.9. The average Bonchev–Trinajstić information content (AvgIpc) is 3.40. The number of benzene rings is 12. The van der Waals surface area contributed by atoms with Gasteiger partial charge in [-0.2, -0.15) is 0 Å². The summed E-state index contributed by atoms with van der Waals surface area (Å²) in [5.41, 5.74) is 14.6. The van der Waals surface area contributed by atoms with E-state index < -0.39 is 0 Å². The molecule has 0 N–H and O–H groups in total. The van der Waals surface area contributed by atoms with Crippen LogP contribution >= 0.6 is 0 Å². The largest absolute Gasteiger partial charge is 0.0871 e. The predicted molar refractivity (Wildman–Crippen MR) is 296 cm³/mol. The predicted octanol–water partition coefficient (Wildman–Crippen LogP) is 19.5. The SMILES string of the molecule is C\C=C/C(/C=C/c1cccc(-c2c3ccccc3c(-c3cccc(-c4ccc5c(-c6ccc7ccccc7c6)c6ccccc6c(-c6ccc7ccccc7c6)c5c4)c3)c3ccccc23)c1)=C\C. The Hall–Kier alpha value is -8.58. The van der Waals surface area contributed by atoms with Gasteiger partial charge in [-0.25, -0.2) is 0 Å². The third kappa shape index (κ3) is 7.19. The van der Waals surface area contributed by atoms with Crippen LogP contribution in [0.15, 0.2) is 254 Å². The first kappa shape index (κ1) is 40.9. The molecule has 0 nitrogen and oxygen atoms in total. The van der Waals surface area contributed by atoms with Gasteiger partial charge in [0, 0.05) is 0 Å². The van der Waals surface area contributed by atoms with Crippen LogP contribution in [-0.2, 0) is 0 Å². The van der Waals surface area contributed by atoms with Gasteiger partial charge < -0.3 is 0 Å². The summed E-state index contributed by atoms with van der Waals surface area (Å²) < 4.78 is 0. The van der Waals surface area contributed by atoms with Gasteiger partial charge in [-0.3, -0.25) is 0 Å². The Labute approximate surface area is 398 Å². The Balaban J connectivity index is 1.06. The molecule has 320 valence electrons. The van der Waals surface area contributed by atoms with Crippen molar-refractivity contribution in [3.63, 3.8) is 0 Å². The maximum atomic E-state index is 2.45. The van der Waals surface area contributed by atoms with E-state index in [0.717, 1.165) is 0 Å². The van der Waals surface area contributed by atoms with Crippen molar-refractivity contribution in [2.24, 2.45) is 0 Å². The van der Waals surface area contributed by atoms with Crippen LogP contribution in [0.4, 0.5) is 0 Å². The monoisotopic (exact) mass is 864 g/mol. The minimum absolute atomic E-state index is 1.17. The molecule has 0 amide bonds. The van der Waals surface area contributed by atoms with Gasteiger partial charge in [0.15, 0.2) is 0 Å². The number of rotatable bonds is 8. The van der Waals surface area contributed by atoms with Gasteiger partial charge in [0.05, 0.1) is 0 Å². The lowest BCUT2D eigenvalue weighted by Gasteiger charge is -2.20. The highest BCUT2D eigenvalue weighted by molar-refractivity contribution is 6.24. The molecule has 0 bridgehead atoms. The van der Waals surface area contributed by atoms with E-state index in [2.05, 4.69) is 269 Å². The van der Waals surface area contributed by atoms with Crippen molar-refractivity contribution in [3.05, 3.63) is 260 Å². The maximum absolute atomic E-state index is 2.45. The molecule has 0 saturated carbocycles. The molecule has 0 aliphatic carbocycles. The number of allylic oxidation sites excluding steroid dienone is 5. The van der Waals surface area contributed by atoms with Gasteiger partial charge >= 0.3 is 0 Å². The summed E-state index contributed by atoms with van der Waals surface area (Å²) in [6, 6.07) is 83.5. The molecule has 12 aromatic carbocycles. The van der Waals surface area contributed by atoms with Crippen molar-refractivity contribution in [1.82, 2.24) is 0 Å². The number of hydrogen-bond donors (Lipinski definition) is 0. The summed E-state index contributed by atoms with van der Waals surface area (Å²) in [7, 11) is 0. The molecule has 0 fully saturated rings. The molecule has 0 aromatic heterocycles. The lowest BCUT2D eigenvalue weighted by Crippen LogP contribution is -1.93. The molecule has 0 unspecified atom stereocenters. The highest BCUT2D eigenvalue weighted by atomic mass is 14.2. The smallest absolute Gasteiger partial charge is 0.00259 e. The lowest BCUT2D eigenvalue weighted by molar-refractivity contribution is 1.57. The zero-order chi connectivity index (χ0) is 45.6. The van der Waals surface area contributed by atoms with Gasteiger partial charge in [0.2, 0.25) is 0 Å². The second-order valence-electron chi connectivity index (χ2n) is 17.8. The molecule has 68 heavy (non-hydrogen) atoms. The Morgan fingerprint density at radius 1 is 0.279 bits per heavy atom. The van der Waals surface area contributed by atoms with E-state index >= 15 is 0 Å². The zero-order valence-corrected chi connectivity index (χ0v) is 38.2. The van der Waals surface area contributed by atoms with E-state index in [9.17, 15) is 0 Å². The van der Waals surface area contributed by atoms with Gasteiger partial charge in [-0.05, 0) is 176 Å². The molecule has 0 spiro atoms. The molecular weight excluding hydrogens is 817 g/mol. The van der Waals surface area contributed by atoms with Gasteiger partial charge in [0.1, 0.15) is 0 Å². The quantitative estimate of drug-likeness (QED) is 0.105. The van der Waals surface area contributed by atoms with Crippen LogP contribution in [0.2, 0.25) is 0 Å². The van der Waals surface area contributed by atoms with Crippen LogP contribution in [0, 0.1) is 0 Å². The average molecular weight is 865 g/mol. The number of hydrogen-bond acceptors (Lipinski definition) is 0. The second-order valence-corrected chi connectivity index (χ2v) is 17.8. The van der Waals surface area contributed by atoms with Crippen LogP contribution in [0.1, 0.15) is 19.4 Å². The molecule has 0 saturated heterocycles. The van der Waals surface area contributed by atoms with Crippen LogP contribution in [-0.4, -0.2) is 0 Å². The number of fused-ring (bicyclic) bond motifs is 6. The first-order valence-corrected chi connectivity index (χ1v) is 23.7. The van der Waals surface area contributed by atoms with Gasteiger partial charge in [-0.15, -0.1) is 0 Å². The zero-order valence-electron chi connectivity index (χ0n) is 38.2. The standard InChI is InChI=1S/C68H48/c1-3-17-45(4-2)32-33-46-18-15-24-53(40-46)65-57-26-9-11-28-59(57)66(60-29-12-10-27-58(60)65)54-25-16-23-51(43-54)52-38-39-63-64(44-52)68(56-37-35-48-20-6-8-22-50(48)42-56)62-31-14-13-30-61(62)67(63)55-36-34-47-19-5-7-21-49(47)41-55/h3-44H,1-2H3/b17-3-,33-32+,45-4+. The van der Waals surface area contributed by atoms with E-state index in [-0.39, 0.29) is 0 Å². The van der Waals surface area contributed by atoms with Gasteiger partial charge in [0.25, 0.3) is 0 Å². The van der Waals surface area contributed by atoms with Crippen molar-refractivity contribution >= 4 is 70.7 Å². The molecule has 0 atom stereocenters. The van der Waals surface area contributed by atoms with Crippen molar-refractivity contribution in [2.75, 3.05) is 0 Å². The Bertz CT molecular complexity index is 3990. The van der Waals surface area contributed by atoms with Crippen LogP contribution in [0.5, 0.6) is 0 Å². The maximum Gasteiger partial charge on any atom is -0.00259 e. The minimum Gasteiger partial charge on any atom is -0.0871 e. The third-order valence-corrected chi connectivity index (χ3v) is 13.9. The topological polar surface area (TPSA) is 0 Å².